The molecule has 1 aromatic heterocycles. The molecule has 8 nitrogen and oxygen atoms in total. The third kappa shape index (κ3) is 4.11. The molecule has 2 aromatic rings. The fraction of sp³-hybridized carbons (Fsp3) is 0.316. The van der Waals surface area contributed by atoms with Crippen LogP contribution in [0, 0.1) is 13.8 Å². The molecule has 0 fully saturated rings. The van der Waals surface area contributed by atoms with E-state index in [1.54, 1.807) is 42.9 Å². The van der Waals surface area contributed by atoms with E-state index in [0.717, 1.165) is 11.3 Å². The fourth-order valence-electron chi connectivity index (χ4n) is 2.63. The number of fused-ring (bicyclic) bond motifs is 1. The predicted molar refractivity (Wildman–Crippen MR) is 98.5 cm³/mol. The summed E-state index contributed by atoms with van der Waals surface area (Å²) in [6.07, 6.45) is 1.91. The number of aryl methyl sites for hydroxylation is 2. The number of rotatable bonds is 5. The number of anilines is 1. The third-order valence-electron chi connectivity index (χ3n) is 4.23. The van der Waals surface area contributed by atoms with Gasteiger partial charge < -0.3 is 19.5 Å². The second kappa shape index (κ2) is 7.53. The number of hydrogen-bond donors (Lipinski definition) is 1. The first kappa shape index (κ1) is 18.5. The summed E-state index contributed by atoms with van der Waals surface area (Å²) < 4.78 is 17.4. The highest BCUT2D eigenvalue weighted by molar-refractivity contribution is 5.97. The number of esters is 1. The number of benzene rings is 1. The first-order chi connectivity index (χ1) is 12.8. The van der Waals surface area contributed by atoms with Gasteiger partial charge in [0, 0.05) is 13.1 Å². The number of hydrogen-bond acceptors (Lipinski definition) is 6. The first-order valence-corrected chi connectivity index (χ1v) is 8.44. The van der Waals surface area contributed by atoms with Crippen molar-refractivity contribution in [3.63, 3.8) is 0 Å². The maximum Gasteiger partial charge on any atom is 0.331 e. The summed E-state index contributed by atoms with van der Waals surface area (Å²) in [5.41, 5.74) is 2.91. The number of nitrogens with one attached hydrogen (secondary N) is 1. The number of amides is 1. The largest absolute Gasteiger partial charge is 0.454 e. The fourth-order valence-corrected chi connectivity index (χ4v) is 2.63. The summed E-state index contributed by atoms with van der Waals surface area (Å²) in [6, 6.07) is 5.32. The van der Waals surface area contributed by atoms with Crippen LogP contribution in [0.4, 0.5) is 5.69 Å². The van der Waals surface area contributed by atoms with Crippen molar-refractivity contribution >= 4 is 23.6 Å². The van der Waals surface area contributed by atoms with Crippen molar-refractivity contribution in [3.8, 4) is 11.5 Å². The minimum absolute atomic E-state index is 0.188. The molecule has 0 spiro atoms. The van der Waals surface area contributed by atoms with E-state index in [0.29, 0.717) is 22.9 Å². The van der Waals surface area contributed by atoms with Crippen LogP contribution in [0.1, 0.15) is 23.9 Å². The van der Waals surface area contributed by atoms with Crippen molar-refractivity contribution in [1.29, 1.82) is 0 Å². The van der Waals surface area contributed by atoms with E-state index in [4.69, 9.17) is 14.2 Å². The molecule has 1 aliphatic heterocycles. The van der Waals surface area contributed by atoms with Crippen molar-refractivity contribution < 1.29 is 23.8 Å². The average Bonchev–Trinajstić information content (AvgIpc) is 3.19. The van der Waals surface area contributed by atoms with Gasteiger partial charge in [-0.25, -0.2) is 4.79 Å². The Bertz CT molecular complexity index is 916. The van der Waals surface area contributed by atoms with Gasteiger partial charge >= 0.3 is 5.97 Å². The Balaban J connectivity index is 1.57. The quantitative estimate of drug-likeness (QED) is 0.641. The van der Waals surface area contributed by atoms with Gasteiger partial charge in [-0.05, 0) is 44.5 Å². The molecule has 1 N–H and O–H groups in total. The first-order valence-electron chi connectivity index (χ1n) is 8.44. The maximum atomic E-state index is 12.3. The maximum absolute atomic E-state index is 12.3. The zero-order chi connectivity index (χ0) is 19.6. The molecule has 1 aromatic carbocycles. The molecule has 0 aliphatic carbocycles. The van der Waals surface area contributed by atoms with Crippen LogP contribution in [0.3, 0.4) is 0 Å². The minimum atomic E-state index is -0.946. The Morgan fingerprint density at radius 3 is 2.74 bits per heavy atom. The number of carbonyl (C=O) groups is 2. The van der Waals surface area contributed by atoms with Crippen LogP contribution in [0.15, 0.2) is 24.3 Å². The van der Waals surface area contributed by atoms with Crippen LogP contribution in [-0.4, -0.2) is 34.6 Å². The Morgan fingerprint density at radius 2 is 2.04 bits per heavy atom. The molecular weight excluding hydrogens is 350 g/mol. The number of carbonyl (C=O) groups excluding carboxylic acids is 2. The monoisotopic (exact) mass is 371 g/mol. The van der Waals surface area contributed by atoms with Crippen molar-refractivity contribution in [3.05, 3.63) is 41.2 Å². The normalized spacial score (nSPS) is 13.6. The van der Waals surface area contributed by atoms with Gasteiger partial charge in [0.15, 0.2) is 17.6 Å². The van der Waals surface area contributed by atoms with Crippen molar-refractivity contribution in [2.75, 3.05) is 12.1 Å². The molecule has 8 heteroatoms. The molecular formula is C19H21N3O5. The van der Waals surface area contributed by atoms with Crippen LogP contribution in [0.5, 0.6) is 11.5 Å². The molecule has 0 saturated carbocycles. The van der Waals surface area contributed by atoms with E-state index in [-0.39, 0.29) is 6.79 Å². The van der Waals surface area contributed by atoms with Gasteiger partial charge in [0.1, 0.15) is 0 Å². The van der Waals surface area contributed by atoms with Crippen molar-refractivity contribution in [2.24, 2.45) is 7.05 Å². The zero-order valence-electron chi connectivity index (χ0n) is 15.6. The summed E-state index contributed by atoms with van der Waals surface area (Å²) in [5, 5.41) is 6.99. The second-order valence-electron chi connectivity index (χ2n) is 6.18. The second-order valence-corrected chi connectivity index (χ2v) is 6.18. The SMILES string of the molecule is Cc1nn(C)c(C)c1NC(=O)[C@H](C)OC(=O)/C=C/c1ccc2c(c1)OCO2. The summed E-state index contributed by atoms with van der Waals surface area (Å²) in [6.45, 7) is 5.35. The summed E-state index contributed by atoms with van der Waals surface area (Å²) >= 11 is 0. The van der Waals surface area contributed by atoms with Gasteiger partial charge in [0.05, 0.1) is 17.1 Å². The highest BCUT2D eigenvalue weighted by Crippen LogP contribution is 2.32. The Labute approximate surface area is 156 Å². The van der Waals surface area contributed by atoms with E-state index >= 15 is 0 Å². The lowest BCUT2D eigenvalue weighted by atomic mass is 10.2. The molecule has 2 heterocycles. The van der Waals surface area contributed by atoms with Gasteiger partial charge in [0.25, 0.3) is 5.91 Å². The number of ether oxygens (including phenoxy) is 3. The standard InChI is InChI=1S/C19H21N3O5/c1-11-18(12(2)22(4)21-11)20-19(24)13(3)27-17(23)8-6-14-5-7-15-16(9-14)26-10-25-15/h5-9,13H,10H2,1-4H3,(H,20,24)/b8-6+/t13-/m0/s1. The zero-order valence-corrected chi connectivity index (χ0v) is 15.6. The average molecular weight is 371 g/mol. The molecule has 1 aliphatic rings. The molecule has 0 bridgehead atoms. The van der Waals surface area contributed by atoms with E-state index in [9.17, 15) is 9.59 Å². The van der Waals surface area contributed by atoms with E-state index < -0.39 is 18.0 Å². The van der Waals surface area contributed by atoms with Crippen LogP contribution in [0.25, 0.3) is 6.08 Å². The number of nitrogens with zero attached hydrogens (tertiary/aromatic N) is 2. The number of aromatic nitrogens is 2. The Hall–Kier alpha value is -3.29. The lowest BCUT2D eigenvalue weighted by Gasteiger charge is -2.12. The van der Waals surface area contributed by atoms with E-state index in [1.165, 1.54) is 13.0 Å². The van der Waals surface area contributed by atoms with E-state index in [2.05, 4.69) is 10.4 Å². The smallest absolute Gasteiger partial charge is 0.331 e. The van der Waals surface area contributed by atoms with Gasteiger partial charge in [-0.15, -0.1) is 0 Å². The Morgan fingerprint density at radius 1 is 1.30 bits per heavy atom. The summed E-state index contributed by atoms with van der Waals surface area (Å²) in [7, 11) is 1.79. The van der Waals surface area contributed by atoms with Gasteiger partial charge in [-0.3, -0.25) is 9.48 Å². The summed E-state index contributed by atoms with van der Waals surface area (Å²) in [5.74, 6) is 0.260. The molecule has 0 radical (unpaired) electrons. The Kier molecular flexibility index (Phi) is 5.16. The van der Waals surface area contributed by atoms with E-state index in [1.807, 2.05) is 6.92 Å². The summed E-state index contributed by atoms with van der Waals surface area (Å²) in [4.78, 5) is 24.3. The molecule has 3 rings (SSSR count). The molecule has 142 valence electrons. The van der Waals surface area contributed by atoms with Gasteiger partial charge in [-0.1, -0.05) is 6.07 Å². The minimum Gasteiger partial charge on any atom is -0.454 e. The highest BCUT2D eigenvalue weighted by Gasteiger charge is 2.20. The molecule has 1 atom stereocenters. The molecule has 27 heavy (non-hydrogen) atoms. The van der Waals surface area contributed by atoms with Crippen LogP contribution < -0.4 is 14.8 Å². The van der Waals surface area contributed by atoms with Crippen LogP contribution in [-0.2, 0) is 21.4 Å². The van der Waals surface area contributed by atoms with Gasteiger partial charge in [0.2, 0.25) is 6.79 Å². The van der Waals surface area contributed by atoms with Crippen LogP contribution >= 0.6 is 0 Å². The topological polar surface area (TPSA) is 91.7 Å². The van der Waals surface area contributed by atoms with Crippen LogP contribution in [0.2, 0.25) is 0 Å². The third-order valence-corrected chi connectivity index (χ3v) is 4.23. The molecule has 1 amide bonds. The predicted octanol–water partition coefficient (Wildman–Crippen LogP) is 2.35. The lowest BCUT2D eigenvalue weighted by molar-refractivity contribution is -0.148. The van der Waals surface area contributed by atoms with Crippen molar-refractivity contribution in [2.45, 2.75) is 26.9 Å². The van der Waals surface area contributed by atoms with Gasteiger partial charge in [-0.2, -0.15) is 5.10 Å². The highest BCUT2D eigenvalue weighted by atomic mass is 16.7. The molecule has 0 unspecified atom stereocenters. The van der Waals surface area contributed by atoms with Crippen molar-refractivity contribution in [1.82, 2.24) is 9.78 Å². The lowest BCUT2D eigenvalue weighted by Crippen LogP contribution is -2.29. The molecule has 0 saturated heterocycles.